The third-order valence-electron chi connectivity index (χ3n) is 3.21. The number of hydrogen-bond acceptors (Lipinski definition) is 2. The van der Waals surface area contributed by atoms with Gasteiger partial charge < -0.3 is 4.55 Å². The maximum Gasteiger partial charge on any atom is 0.391 e. The van der Waals surface area contributed by atoms with Crippen LogP contribution in [0.1, 0.15) is 17.5 Å². The van der Waals surface area contributed by atoms with Crippen LogP contribution in [-0.4, -0.2) is 14.9 Å². The van der Waals surface area contributed by atoms with Gasteiger partial charge in [0.25, 0.3) is 0 Å². The third kappa shape index (κ3) is 3.33. The molecule has 0 radical (unpaired) electrons. The van der Waals surface area contributed by atoms with E-state index in [0.29, 0.717) is 0 Å². The Kier molecular flexibility index (Phi) is 4.49. The highest BCUT2D eigenvalue weighted by Gasteiger charge is 2.46. The van der Waals surface area contributed by atoms with Gasteiger partial charge in [-0.15, -0.1) is 0 Å². The maximum atomic E-state index is 13.0. The Bertz CT molecular complexity index is 572. The molecule has 6 heteroatoms. The summed E-state index contributed by atoms with van der Waals surface area (Å²) in [6.45, 7) is 0. The van der Waals surface area contributed by atoms with Gasteiger partial charge in [0, 0.05) is 0 Å². The summed E-state index contributed by atoms with van der Waals surface area (Å²) in [6.07, 6.45) is -6.09. The second-order valence-electron chi connectivity index (χ2n) is 4.59. The van der Waals surface area contributed by atoms with Gasteiger partial charge in [-0.1, -0.05) is 60.7 Å². The fourth-order valence-corrected chi connectivity index (χ4v) is 3.26. The van der Waals surface area contributed by atoms with Crippen molar-refractivity contribution in [3.05, 3.63) is 71.8 Å². The summed E-state index contributed by atoms with van der Waals surface area (Å²) >= 11 is -2.98. The van der Waals surface area contributed by atoms with Crippen LogP contribution in [0.3, 0.4) is 0 Å². The molecule has 0 aliphatic carbocycles. The first-order valence-electron chi connectivity index (χ1n) is 6.13. The lowest BCUT2D eigenvalue weighted by Gasteiger charge is -2.37. The van der Waals surface area contributed by atoms with E-state index >= 15 is 0 Å². The lowest BCUT2D eigenvalue weighted by molar-refractivity contribution is -0.139. The van der Waals surface area contributed by atoms with Gasteiger partial charge in [0.2, 0.25) is 0 Å². The topological polar surface area (TPSA) is 40.1 Å². The summed E-state index contributed by atoms with van der Waals surface area (Å²) in [4.78, 5) is 0. The molecule has 2 aromatic carbocycles. The molecule has 0 saturated heterocycles. The molecule has 0 spiro atoms. The minimum atomic E-state index is -4.62. The van der Waals surface area contributed by atoms with E-state index in [2.05, 4.69) is 0 Å². The number of benzene rings is 2. The first-order valence-corrected chi connectivity index (χ1v) is 7.21. The van der Waals surface area contributed by atoms with Gasteiger partial charge in [-0.05, 0) is 22.2 Å². The van der Waals surface area contributed by atoms with Crippen LogP contribution in [0.2, 0.25) is 0 Å². The summed E-state index contributed by atoms with van der Waals surface area (Å²) in [6, 6.07) is 14.9. The monoisotopic (exact) mass is 313 g/mol. The van der Waals surface area contributed by atoms with Crippen LogP contribution >= 0.6 is 0 Å². The smallest absolute Gasteiger partial charge is 0.391 e. The highest BCUT2D eigenvalue weighted by atomic mass is 32.2. The van der Waals surface area contributed by atoms with E-state index in [-0.39, 0.29) is 11.1 Å². The number of halogens is 3. The van der Waals surface area contributed by atoms with Gasteiger partial charge in [0.15, 0.2) is 0 Å². The maximum absolute atomic E-state index is 13.0. The minimum Gasteiger partial charge on any atom is -0.771 e. The molecule has 21 heavy (non-hydrogen) atoms. The molecule has 2 nitrogen and oxygen atoms in total. The first-order chi connectivity index (χ1) is 9.86. The molecule has 0 aliphatic heterocycles. The third-order valence-corrected chi connectivity index (χ3v) is 4.40. The molecule has 0 aliphatic rings. The molecule has 0 aromatic heterocycles. The number of alkyl halides is 3. The predicted molar refractivity (Wildman–Crippen MR) is 73.3 cm³/mol. The first kappa shape index (κ1) is 15.7. The highest BCUT2D eigenvalue weighted by Crippen LogP contribution is 2.43. The van der Waals surface area contributed by atoms with Crippen molar-refractivity contribution in [1.82, 2.24) is 0 Å². The number of rotatable bonds is 4. The fourth-order valence-electron chi connectivity index (χ4n) is 2.32. The van der Waals surface area contributed by atoms with Crippen LogP contribution < -0.4 is 0 Å². The average Bonchev–Trinajstić information content (AvgIpc) is 2.45. The molecular weight excluding hydrogens is 301 g/mol. The van der Waals surface area contributed by atoms with Gasteiger partial charge in [-0.3, -0.25) is 4.21 Å². The van der Waals surface area contributed by atoms with Crippen molar-refractivity contribution < 1.29 is 21.9 Å². The van der Waals surface area contributed by atoms with Gasteiger partial charge in [-0.2, -0.15) is 13.2 Å². The Morgan fingerprint density at radius 1 is 0.857 bits per heavy atom. The van der Waals surface area contributed by atoms with Crippen molar-refractivity contribution >= 4 is 11.1 Å². The zero-order chi connectivity index (χ0) is 15.5. The van der Waals surface area contributed by atoms with Crippen molar-refractivity contribution in [2.45, 2.75) is 17.3 Å². The van der Waals surface area contributed by atoms with Crippen LogP contribution in [-0.2, 0) is 15.8 Å². The minimum absolute atomic E-state index is 0.0989. The van der Waals surface area contributed by atoms with E-state index in [1.807, 2.05) is 0 Å². The Morgan fingerprint density at radius 3 is 1.52 bits per heavy atom. The Morgan fingerprint density at radius 2 is 1.24 bits per heavy atom. The largest absolute Gasteiger partial charge is 0.771 e. The molecule has 0 fully saturated rings. The Labute approximate surface area is 122 Å². The highest BCUT2D eigenvalue weighted by molar-refractivity contribution is 7.80. The van der Waals surface area contributed by atoms with E-state index in [1.165, 1.54) is 48.5 Å². The van der Waals surface area contributed by atoms with Crippen molar-refractivity contribution in [1.29, 1.82) is 0 Å². The molecule has 2 aromatic rings. The normalized spacial score (nSPS) is 13.9. The Balaban J connectivity index is 2.70. The molecule has 0 saturated carbocycles. The van der Waals surface area contributed by atoms with Crippen LogP contribution in [0, 0.1) is 0 Å². The Hall–Kier alpha value is -1.66. The number of hydrogen-bond donors (Lipinski definition) is 0. The zero-order valence-corrected chi connectivity index (χ0v) is 11.7. The molecule has 2 rings (SSSR count). The van der Waals surface area contributed by atoms with Gasteiger partial charge >= 0.3 is 6.18 Å². The lowest BCUT2D eigenvalue weighted by Crippen LogP contribution is -2.37. The molecule has 112 valence electrons. The predicted octanol–water partition coefficient (Wildman–Crippen LogP) is 3.76. The summed E-state index contributed by atoms with van der Waals surface area (Å²) in [5, 5.41) is 0. The van der Waals surface area contributed by atoms with Gasteiger partial charge in [0.05, 0.1) is 11.2 Å². The quantitative estimate of drug-likeness (QED) is 0.806. The van der Waals surface area contributed by atoms with E-state index in [0.717, 1.165) is 0 Å². The van der Waals surface area contributed by atoms with Crippen LogP contribution in [0.5, 0.6) is 0 Å². The molecular formula is C15H12F3O2S-. The van der Waals surface area contributed by atoms with Crippen molar-refractivity contribution in [3.63, 3.8) is 0 Å². The van der Waals surface area contributed by atoms with Crippen LogP contribution in [0.15, 0.2) is 60.7 Å². The van der Waals surface area contributed by atoms with Crippen molar-refractivity contribution in [3.8, 4) is 0 Å². The SMILES string of the molecule is O=S([O-])C(CC(F)(F)F)(c1ccccc1)c1ccccc1. The second kappa shape index (κ2) is 5.99. The van der Waals surface area contributed by atoms with E-state index in [1.54, 1.807) is 12.1 Å². The van der Waals surface area contributed by atoms with Gasteiger partial charge in [-0.25, -0.2) is 0 Å². The van der Waals surface area contributed by atoms with Crippen molar-refractivity contribution in [2.75, 3.05) is 0 Å². The molecule has 0 heterocycles. The summed E-state index contributed by atoms with van der Waals surface area (Å²) in [5.41, 5.74) is 0.198. The summed E-state index contributed by atoms with van der Waals surface area (Å²) in [5.74, 6) is 0. The lowest BCUT2D eigenvalue weighted by atomic mass is 9.87. The van der Waals surface area contributed by atoms with E-state index < -0.39 is 28.4 Å². The second-order valence-corrected chi connectivity index (χ2v) is 5.75. The zero-order valence-electron chi connectivity index (χ0n) is 10.8. The van der Waals surface area contributed by atoms with Crippen LogP contribution in [0.25, 0.3) is 0 Å². The molecule has 1 unspecified atom stereocenters. The molecule has 0 bridgehead atoms. The van der Waals surface area contributed by atoms with Crippen molar-refractivity contribution in [2.24, 2.45) is 0 Å². The standard InChI is InChI=1S/C15H13F3O2S/c16-15(17,18)11-14(21(19)20,12-7-3-1-4-8-12)13-9-5-2-6-10-13/h1-10H,11H2,(H,19,20)/p-1. The summed E-state index contributed by atoms with van der Waals surface area (Å²) in [7, 11) is 0. The fraction of sp³-hybridized carbons (Fsp3) is 0.200. The average molecular weight is 313 g/mol. The molecule has 1 atom stereocenters. The summed E-state index contributed by atoms with van der Waals surface area (Å²) < 4.78 is 60.5. The van der Waals surface area contributed by atoms with E-state index in [4.69, 9.17) is 0 Å². The molecule has 0 amide bonds. The van der Waals surface area contributed by atoms with E-state index in [9.17, 15) is 21.9 Å². The molecule has 0 N–H and O–H groups in total. The van der Waals surface area contributed by atoms with Gasteiger partial charge in [0.1, 0.15) is 0 Å². The van der Waals surface area contributed by atoms with Crippen LogP contribution in [0.4, 0.5) is 13.2 Å².